The number of carbonyl (C=O) groups is 1. The standard InChI is InChI=1S/C21H19F5N6O/c1-3-15-19(33)30(2)16-11-28-20(29-18(16)31(15)8-6-21(24,25)26)32-9-7-27-17(32)13-5-4-12(22)10-14(13)23/h4-5,7,9-11,15H,3,6,8H2,1-2H3. The Morgan fingerprint density at radius 3 is 2.58 bits per heavy atom. The van der Waals surface area contributed by atoms with Crippen molar-refractivity contribution in [1.29, 1.82) is 0 Å². The van der Waals surface area contributed by atoms with Crippen LogP contribution in [0, 0.1) is 11.6 Å². The third-order valence-corrected chi connectivity index (χ3v) is 5.41. The Bertz CT molecular complexity index is 1190. The van der Waals surface area contributed by atoms with Gasteiger partial charge in [0.25, 0.3) is 0 Å². The second-order valence-corrected chi connectivity index (χ2v) is 7.50. The van der Waals surface area contributed by atoms with Crippen molar-refractivity contribution in [2.75, 3.05) is 23.4 Å². The van der Waals surface area contributed by atoms with Gasteiger partial charge in [-0.3, -0.25) is 9.36 Å². The molecule has 3 aromatic rings. The number of amides is 1. The topological polar surface area (TPSA) is 67.2 Å². The summed E-state index contributed by atoms with van der Waals surface area (Å²) in [5, 5.41) is 0. The van der Waals surface area contributed by atoms with Gasteiger partial charge in [0.1, 0.15) is 29.2 Å². The van der Waals surface area contributed by atoms with Gasteiger partial charge in [-0.15, -0.1) is 0 Å². The number of fused-ring (bicyclic) bond motifs is 1. The van der Waals surface area contributed by atoms with E-state index in [4.69, 9.17) is 0 Å². The van der Waals surface area contributed by atoms with E-state index in [1.165, 1.54) is 46.1 Å². The number of imidazole rings is 1. The lowest BCUT2D eigenvalue weighted by atomic mass is 10.1. The van der Waals surface area contributed by atoms with Gasteiger partial charge in [0, 0.05) is 32.1 Å². The summed E-state index contributed by atoms with van der Waals surface area (Å²) in [7, 11) is 1.50. The second-order valence-electron chi connectivity index (χ2n) is 7.50. The minimum atomic E-state index is -4.42. The first-order chi connectivity index (χ1) is 15.6. The van der Waals surface area contributed by atoms with Crippen LogP contribution in [0.1, 0.15) is 19.8 Å². The van der Waals surface area contributed by atoms with E-state index in [9.17, 15) is 26.7 Å². The lowest BCUT2D eigenvalue weighted by Crippen LogP contribution is -2.53. The fraction of sp³-hybridized carbons (Fsp3) is 0.333. The van der Waals surface area contributed by atoms with E-state index in [0.29, 0.717) is 6.07 Å². The number of likely N-dealkylation sites (N-methyl/N-ethyl adjacent to an activating group) is 1. The number of hydrogen-bond donors (Lipinski definition) is 0. The molecule has 4 rings (SSSR count). The molecular weight excluding hydrogens is 447 g/mol. The maximum Gasteiger partial charge on any atom is 0.390 e. The summed E-state index contributed by atoms with van der Waals surface area (Å²) in [5.41, 5.74) is 0.251. The van der Waals surface area contributed by atoms with E-state index in [1.54, 1.807) is 6.92 Å². The van der Waals surface area contributed by atoms with Gasteiger partial charge in [-0.05, 0) is 18.6 Å². The zero-order valence-corrected chi connectivity index (χ0v) is 17.6. The molecule has 0 N–H and O–H groups in total. The van der Waals surface area contributed by atoms with E-state index in [-0.39, 0.29) is 41.2 Å². The molecule has 0 spiro atoms. The van der Waals surface area contributed by atoms with Crippen LogP contribution < -0.4 is 9.80 Å². The van der Waals surface area contributed by atoms with Crippen molar-refractivity contribution in [2.24, 2.45) is 0 Å². The van der Waals surface area contributed by atoms with Crippen LogP contribution in [-0.4, -0.2) is 51.2 Å². The fourth-order valence-electron chi connectivity index (χ4n) is 3.78. The zero-order chi connectivity index (χ0) is 23.9. The Morgan fingerprint density at radius 2 is 1.91 bits per heavy atom. The quantitative estimate of drug-likeness (QED) is 0.530. The van der Waals surface area contributed by atoms with Crippen molar-refractivity contribution < 1.29 is 26.7 Å². The van der Waals surface area contributed by atoms with E-state index < -0.39 is 36.8 Å². The molecule has 1 unspecified atom stereocenters. The molecule has 1 amide bonds. The molecule has 0 fully saturated rings. The molecule has 1 aromatic carbocycles. The van der Waals surface area contributed by atoms with Gasteiger partial charge >= 0.3 is 6.18 Å². The first-order valence-electron chi connectivity index (χ1n) is 10.1. The van der Waals surface area contributed by atoms with Crippen LogP contribution in [0.3, 0.4) is 0 Å². The maximum absolute atomic E-state index is 14.4. The van der Waals surface area contributed by atoms with Gasteiger partial charge < -0.3 is 9.80 Å². The first-order valence-corrected chi connectivity index (χ1v) is 10.1. The monoisotopic (exact) mass is 466 g/mol. The molecular formula is C21H19F5N6O. The summed E-state index contributed by atoms with van der Waals surface area (Å²) < 4.78 is 67.9. The molecule has 2 aromatic heterocycles. The maximum atomic E-state index is 14.4. The fourth-order valence-corrected chi connectivity index (χ4v) is 3.78. The number of rotatable bonds is 5. The summed E-state index contributed by atoms with van der Waals surface area (Å²) in [6.45, 7) is 1.24. The number of anilines is 2. The van der Waals surface area contributed by atoms with Crippen LogP contribution in [0.5, 0.6) is 0 Å². The number of benzene rings is 1. The van der Waals surface area contributed by atoms with Gasteiger partial charge in [0.2, 0.25) is 11.9 Å². The average molecular weight is 466 g/mol. The first kappa shape index (κ1) is 22.6. The normalized spacial score (nSPS) is 16.3. The number of aromatic nitrogens is 4. The summed E-state index contributed by atoms with van der Waals surface area (Å²) in [4.78, 5) is 28.1. The highest BCUT2D eigenvalue weighted by Crippen LogP contribution is 2.36. The Balaban J connectivity index is 1.81. The van der Waals surface area contributed by atoms with Crippen LogP contribution in [0.4, 0.5) is 33.5 Å². The smallest absolute Gasteiger partial charge is 0.342 e. The lowest BCUT2D eigenvalue weighted by molar-refractivity contribution is -0.133. The van der Waals surface area contributed by atoms with E-state index in [1.807, 2.05) is 0 Å². The molecule has 0 radical (unpaired) electrons. The molecule has 174 valence electrons. The molecule has 1 aliphatic heterocycles. The van der Waals surface area contributed by atoms with Crippen LogP contribution in [0.2, 0.25) is 0 Å². The highest BCUT2D eigenvalue weighted by atomic mass is 19.4. The number of carbonyl (C=O) groups excluding carboxylic acids is 1. The van der Waals surface area contributed by atoms with Crippen LogP contribution in [0.25, 0.3) is 17.3 Å². The second kappa shape index (κ2) is 8.41. The van der Waals surface area contributed by atoms with Crippen LogP contribution >= 0.6 is 0 Å². The van der Waals surface area contributed by atoms with Gasteiger partial charge in [-0.1, -0.05) is 6.92 Å². The Morgan fingerprint density at radius 1 is 1.15 bits per heavy atom. The summed E-state index contributed by atoms with van der Waals surface area (Å²) >= 11 is 0. The van der Waals surface area contributed by atoms with Gasteiger partial charge in [-0.25, -0.2) is 18.7 Å². The summed E-state index contributed by atoms with van der Waals surface area (Å²) in [6.07, 6.45) is -1.12. The molecule has 1 atom stereocenters. The number of alkyl halides is 3. The van der Waals surface area contributed by atoms with Crippen molar-refractivity contribution in [3.63, 3.8) is 0 Å². The summed E-state index contributed by atoms with van der Waals surface area (Å²) in [5.74, 6) is -1.71. The minimum Gasteiger partial charge on any atom is -0.342 e. The van der Waals surface area contributed by atoms with E-state index >= 15 is 0 Å². The van der Waals surface area contributed by atoms with Crippen molar-refractivity contribution in [1.82, 2.24) is 19.5 Å². The van der Waals surface area contributed by atoms with Crippen LogP contribution in [-0.2, 0) is 4.79 Å². The summed E-state index contributed by atoms with van der Waals surface area (Å²) in [6, 6.07) is 2.19. The number of hydrogen-bond acceptors (Lipinski definition) is 5. The molecule has 1 aliphatic rings. The van der Waals surface area contributed by atoms with E-state index in [2.05, 4.69) is 15.0 Å². The molecule has 7 nitrogen and oxygen atoms in total. The Kier molecular flexibility index (Phi) is 5.76. The third kappa shape index (κ3) is 4.24. The lowest BCUT2D eigenvalue weighted by Gasteiger charge is -2.40. The highest BCUT2D eigenvalue weighted by molar-refractivity contribution is 6.04. The molecule has 0 saturated heterocycles. The number of nitrogens with zero attached hydrogens (tertiary/aromatic N) is 6. The predicted octanol–water partition coefficient (Wildman–Crippen LogP) is 4.12. The van der Waals surface area contributed by atoms with Gasteiger partial charge in [-0.2, -0.15) is 18.2 Å². The molecule has 33 heavy (non-hydrogen) atoms. The Hall–Kier alpha value is -3.57. The SMILES string of the molecule is CCC1C(=O)N(C)c2cnc(-n3ccnc3-c3ccc(F)cc3F)nc2N1CCC(F)(F)F. The van der Waals surface area contributed by atoms with Crippen LogP contribution in [0.15, 0.2) is 36.8 Å². The predicted molar refractivity (Wildman–Crippen MR) is 110 cm³/mol. The highest BCUT2D eigenvalue weighted by Gasteiger charge is 2.39. The average Bonchev–Trinajstić information content (AvgIpc) is 3.23. The van der Waals surface area contributed by atoms with E-state index in [0.717, 1.165) is 6.07 Å². The van der Waals surface area contributed by atoms with Crippen molar-refractivity contribution >= 4 is 17.4 Å². The van der Waals surface area contributed by atoms with Gasteiger partial charge in [0.15, 0.2) is 5.82 Å². The Labute approximate surface area is 185 Å². The molecule has 12 heteroatoms. The molecule has 0 saturated carbocycles. The third-order valence-electron chi connectivity index (χ3n) is 5.41. The minimum absolute atomic E-state index is 0.00428. The molecule has 3 heterocycles. The molecule has 0 bridgehead atoms. The van der Waals surface area contributed by atoms with Crippen molar-refractivity contribution in [3.05, 3.63) is 48.4 Å². The zero-order valence-electron chi connectivity index (χ0n) is 17.6. The van der Waals surface area contributed by atoms with Crippen molar-refractivity contribution in [3.8, 4) is 17.3 Å². The van der Waals surface area contributed by atoms with Gasteiger partial charge in [0.05, 0.1) is 18.2 Å². The largest absolute Gasteiger partial charge is 0.390 e. The number of halogens is 5. The molecule has 0 aliphatic carbocycles. The van der Waals surface area contributed by atoms with Crippen molar-refractivity contribution in [2.45, 2.75) is 32.0 Å².